The van der Waals surface area contributed by atoms with Gasteiger partial charge in [0, 0.05) is 31.8 Å². The van der Waals surface area contributed by atoms with E-state index in [2.05, 4.69) is 26.1 Å². The lowest BCUT2D eigenvalue weighted by Crippen LogP contribution is -2.60. The largest absolute Gasteiger partial charge is 0.368 e. The summed E-state index contributed by atoms with van der Waals surface area (Å²) >= 11 is 0. The maximum absolute atomic E-state index is 12.4. The third-order valence-corrected chi connectivity index (χ3v) is 3.89. The molecule has 0 saturated carbocycles. The van der Waals surface area contributed by atoms with Gasteiger partial charge in [0.2, 0.25) is 0 Å². The summed E-state index contributed by atoms with van der Waals surface area (Å²) in [7, 11) is 0. The molecule has 0 bridgehead atoms. The Balaban J connectivity index is 1.99. The molecule has 0 aromatic carbocycles. The van der Waals surface area contributed by atoms with Gasteiger partial charge in [0.05, 0.1) is 0 Å². The second-order valence-corrected chi connectivity index (χ2v) is 5.60. The zero-order valence-corrected chi connectivity index (χ0v) is 11.1. The van der Waals surface area contributed by atoms with Gasteiger partial charge in [-0.2, -0.15) is 0 Å². The molecule has 1 N–H and O–H groups in total. The predicted molar refractivity (Wildman–Crippen MR) is 66.8 cm³/mol. The molecular weight excluding hydrogens is 216 g/mol. The fourth-order valence-electron chi connectivity index (χ4n) is 2.60. The SMILES string of the molecule is CC(C)C1CN(C(=O)C2CCCO2)C(C)CN1. The van der Waals surface area contributed by atoms with E-state index in [0.29, 0.717) is 12.0 Å². The van der Waals surface area contributed by atoms with E-state index in [1.807, 2.05) is 4.90 Å². The van der Waals surface area contributed by atoms with E-state index >= 15 is 0 Å². The van der Waals surface area contributed by atoms with Gasteiger partial charge in [0.25, 0.3) is 5.91 Å². The lowest BCUT2D eigenvalue weighted by atomic mass is 9.99. The number of carbonyl (C=O) groups is 1. The van der Waals surface area contributed by atoms with Crippen LogP contribution in [0.5, 0.6) is 0 Å². The van der Waals surface area contributed by atoms with Crippen molar-refractivity contribution in [3.63, 3.8) is 0 Å². The summed E-state index contributed by atoms with van der Waals surface area (Å²) in [5.74, 6) is 0.754. The van der Waals surface area contributed by atoms with Gasteiger partial charge in [0.15, 0.2) is 0 Å². The van der Waals surface area contributed by atoms with Crippen molar-refractivity contribution in [3.05, 3.63) is 0 Å². The van der Waals surface area contributed by atoms with Crippen molar-refractivity contribution in [1.82, 2.24) is 10.2 Å². The Kier molecular flexibility index (Phi) is 4.05. The monoisotopic (exact) mass is 240 g/mol. The van der Waals surface area contributed by atoms with Crippen LogP contribution in [0.1, 0.15) is 33.6 Å². The molecule has 98 valence electrons. The van der Waals surface area contributed by atoms with E-state index in [-0.39, 0.29) is 18.1 Å². The van der Waals surface area contributed by atoms with Crippen LogP contribution in [0.25, 0.3) is 0 Å². The van der Waals surface area contributed by atoms with Gasteiger partial charge < -0.3 is 15.0 Å². The first kappa shape index (κ1) is 12.8. The quantitative estimate of drug-likeness (QED) is 0.783. The molecule has 2 rings (SSSR count). The van der Waals surface area contributed by atoms with E-state index in [0.717, 1.165) is 32.5 Å². The Morgan fingerprint density at radius 1 is 1.47 bits per heavy atom. The van der Waals surface area contributed by atoms with Crippen molar-refractivity contribution < 1.29 is 9.53 Å². The number of carbonyl (C=O) groups excluding carboxylic acids is 1. The molecule has 3 unspecified atom stereocenters. The highest BCUT2D eigenvalue weighted by atomic mass is 16.5. The number of hydrogen-bond donors (Lipinski definition) is 1. The number of nitrogens with zero attached hydrogens (tertiary/aromatic N) is 1. The van der Waals surface area contributed by atoms with Crippen LogP contribution < -0.4 is 5.32 Å². The van der Waals surface area contributed by atoms with Crippen molar-refractivity contribution in [2.75, 3.05) is 19.7 Å². The number of nitrogens with one attached hydrogen (secondary N) is 1. The molecule has 0 aliphatic carbocycles. The van der Waals surface area contributed by atoms with Crippen molar-refractivity contribution >= 4 is 5.91 Å². The van der Waals surface area contributed by atoms with Crippen molar-refractivity contribution in [2.24, 2.45) is 5.92 Å². The summed E-state index contributed by atoms with van der Waals surface area (Å²) in [6.07, 6.45) is 1.73. The lowest BCUT2D eigenvalue weighted by molar-refractivity contribution is -0.144. The first-order chi connectivity index (χ1) is 8.09. The van der Waals surface area contributed by atoms with Crippen LogP contribution in [-0.4, -0.2) is 48.7 Å². The molecule has 2 saturated heterocycles. The van der Waals surface area contributed by atoms with Crippen molar-refractivity contribution in [1.29, 1.82) is 0 Å². The van der Waals surface area contributed by atoms with E-state index in [4.69, 9.17) is 4.74 Å². The topological polar surface area (TPSA) is 41.6 Å². The van der Waals surface area contributed by atoms with Gasteiger partial charge in [0.1, 0.15) is 6.10 Å². The summed E-state index contributed by atoms with van der Waals surface area (Å²) in [6.45, 7) is 8.95. The summed E-state index contributed by atoms with van der Waals surface area (Å²) in [5.41, 5.74) is 0. The Morgan fingerprint density at radius 2 is 2.24 bits per heavy atom. The van der Waals surface area contributed by atoms with E-state index in [9.17, 15) is 4.79 Å². The van der Waals surface area contributed by atoms with Crippen LogP contribution >= 0.6 is 0 Å². The minimum atomic E-state index is -0.177. The Labute approximate surface area is 104 Å². The van der Waals surface area contributed by atoms with Gasteiger partial charge >= 0.3 is 0 Å². The van der Waals surface area contributed by atoms with Crippen LogP contribution in [0.2, 0.25) is 0 Å². The Hall–Kier alpha value is -0.610. The Morgan fingerprint density at radius 3 is 2.82 bits per heavy atom. The highest BCUT2D eigenvalue weighted by molar-refractivity contribution is 5.81. The normalized spacial score (nSPS) is 34.4. The molecular formula is C13H24N2O2. The fraction of sp³-hybridized carbons (Fsp3) is 0.923. The highest BCUT2D eigenvalue weighted by Crippen LogP contribution is 2.19. The van der Waals surface area contributed by atoms with Crippen LogP contribution in [0.4, 0.5) is 0 Å². The Bertz CT molecular complexity index is 275. The van der Waals surface area contributed by atoms with Crippen LogP contribution in [-0.2, 0) is 9.53 Å². The molecule has 2 aliphatic heterocycles. The number of piperazine rings is 1. The van der Waals surface area contributed by atoms with Crippen LogP contribution in [0.3, 0.4) is 0 Å². The lowest BCUT2D eigenvalue weighted by Gasteiger charge is -2.41. The van der Waals surface area contributed by atoms with Gasteiger partial charge in [-0.15, -0.1) is 0 Å². The van der Waals surface area contributed by atoms with Gasteiger partial charge in [-0.05, 0) is 25.7 Å². The second kappa shape index (κ2) is 5.36. The maximum atomic E-state index is 12.4. The molecule has 0 aromatic heterocycles. The minimum Gasteiger partial charge on any atom is -0.368 e. The van der Waals surface area contributed by atoms with Crippen LogP contribution in [0.15, 0.2) is 0 Å². The molecule has 2 fully saturated rings. The number of ether oxygens (including phenoxy) is 1. The average molecular weight is 240 g/mol. The zero-order valence-electron chi connectivity index (χ0n) is 11.1. The first-order valence-corrected chi connectivity index (χ1v) is 6.75. The highest BCUT2D eigenvalue weighted by Gasteiger charge is 2.35. The van der Waals surface area contributed by atoms with E-state index in [1.54, 1.807) is 0 Å². The molecule has 1 amide bonds. The zero-order chi connectivity index (χ0) is 12.4. The molecule has 4 heteroatoms. The predicted octanol–water partition coefficient (Wildman–Crippen LogP) is 1.01. The smallest absolute Gasteiger partial charge is 0.252 e. The van der Waals surface area contributed by atoms with E-state index in [1.165, 1.54) is 0 Å². The standard InChI is InChI=1S/C13H24N2O2/c1-9(2)11-8-15(10(3)7-14-11)13(16)12-5-4-6-17-12/h9-12,14H,4-8H2,1-3H3. The molecule has 4 nitrogen and oxygen atoms in total. The fourth-order valence-corrected chi connectivity index (χ4v) is 2.60. The molecule has 2 aliphatic rings. The van der Waals surface area contributed by atoms with Gasteiger partial charge in [-0.3, -0.25) is 4.79 Å². The number of rotatable bonds is 2. The maximum Gasteiger partial charge on any atom is 0.252 e. The van der Waals surface area contributed by atoms with E-state index < -0.39 is 0 Å². The van der Waals surface area contributed by atoms with Gasteiger partial charge in [-0.25, -0.2) is 0 Å². The van der Waals surface area contributed by atoms with Gasteiger partial charge in [-0.1, -0.05) is 13.8 Å². The second-order valence-electron chi connectivity index (χ2n) is 5.60. The molecule has 17 heavy (non-hydrogen) atoms. The average Bonchev–Trinajstić information content (AvgIpc) is 2.81. The van der Waals surface area contributed by atoms with Crippen LogP contribution in [0, 0.1) is 5.92 Å². The molecule has 0 radical (unpaired) electrons. The summed E-state index contributed by atoms with van der Waals surface area (Å²) in [4.78, 5) is 14.4. The summed E-state index contributed by atoms with van der Waals surface area (Å²) in [5, 5.41) is 3.51. The third kappa shape index (κ3) is 2.80. The van der Waals surface area contributed by atoms with Crippen molar-refractivity contribution in [2.45, 2.75) is 51.8 Å². The summed E-state index contributed by atoms with van der Waals surface area (Å²) in [6, 6.07) is 0.693. The van der Waals surface area contributed by atoms with Crippen molar-refractivity contribution in [3.8, 4) is 0 Å². The minimum absolute atomic E-state index is 0.177. The molecule has 2 heterocycles. The molecule has 3 atom stereocenters. The molecule has 0 aromatic rings. The number of amides is 1. The number of hydrogen-bond acceptors (Lipinski definition) is 3. The molecule has 0 spiro atoms. The summed E-state index contributed by atoms with van der Waals surface area (Å²) < 4.78 is 5.50. The first-order valence-electron chi connectivity index (χ1n) is 6.75. The third-order valence-electron chi connectivity index (χ3n) is 3.89.